The van der Waals surface area contributed by atoms with E-state index in [0.29, 0.717) is 5.56 Å². The Balaban J connectivity index is 2.19. The first-order valence-electron chi connectivity index (χ1n) is 6.61. The summed E-state index contributed by atoms with van der Waals surface area (Å²) in [5, 5.41) is 1.11. The van der Waals surface area contributed by atoms with E-state index in [1.54, 1.807) is 0 Å². The zero-order valence-electron chi connectivity index (χ0n) is 11.6. The number of carbonyl (C=O) groups is 1. The predicted octanol–water partition coefficient (Wildman–Crippen LogP) is 4.33. The second kappa shape index (κ2) is 4.89. The number of hydrogen-bond acceptors (Lipinski definition) is 2. The van der Waals surface area contributed by atoms with Crippen LogP contribution >= 0.6 is 0 Å². The molecule has 0 amide bonds. The van der Waals surface area contributed by atoms with E-state index in [9.17, 15) is 4.79 Å². The zero-order valence-corrected chi connectivity index (χ0v) is 11.6. The monoisotopic (exact) mass is 261 g/mol. The van der Waals surface area contributed by atoms with Crippen LogP contribution in [0.5, 0.6) is 0 Å². The SMILES string of the molecule is Cc1ccc2cc(-c3cc(C=O)ccc3C)ccc2n1. The van der Waals surface area contributed by atoms with Crippen LogP contribution in [-0.2, 0) is 0 Å². The van der Waals surface area contributed by atoms with E-state index in [1.165, 1.54) is 0 Å². The molecule has 3 rings (SSSR count). The number of hydrogen-bond donors (Lipinski definition) is 0. The molecule has 2 nitrogen and oxygen atoms in total. The molecule has 0 unspecified atom stereocenters. The highest BCUT2D eigenvalue weighted by molar-refractivity contribution is 5.87. The number of carbonyl (C=O) groups excluding carboxylic acids is 1. The molecule has 3 aromatic rings. The quantitative estimate of drug-likeness (QED) is 0.643. The number of nitrogens with zero attached hydrogens (tertiary/aromatic N) is 1. The standard InChI is InChI=1S/C18H15NO/c1-12-3-5-14(11-20)9-17(12)15-7-8-18-16(10-15)6-4-13(2)19-18/h3-11H,1-2H3. The summed E-state index contributed by atoms with van der Waals surface area (Å²) in [7, 11) is 0. The minimum Gasteiger partial charge on any atom is -0.298 e. The Kier molecular flexibility index (Phi) is 3.07. The van der Waals surface area contributed by atoms with E-state index < -0.39 is 0 Å². The molecule has 1 heterocycles. The highest BCUT2D eigenvalue weighted by Crippen LogP contribution is 2.27. The van der Waals surface area contributed by atoms with Crippen LogP contribution in [0.1, 0.15) is 21.6 Å². The Morgan fingerprint density at radius 1 is 0.950 bits per heavy atom. The van der Waals surface area contributed by atoms with Gasteiger partial charge in [0, 0.05) is 16.6 Å². The number of aldehydes is 1. The number of pyridine rings is 1. The first-order chi connectivity index (χ1) is 9.67. The minimum absolute atomic E-state index is 0.702. The van der Waals surface area contributed by atoms with Crippen molar-refractivity contribution in [3.8, 4) is 11.1 Å². The Bertz CT molecular complexity index is 806. The van der Waals surface area contributed by atoms with Gasteiger partial charge in [-0.3, -0.25) is 9.78 Å². The van der Waals surface area contributed by atoms with E-state index in [0.717, 1.165) is 39.6 Å². The van der Waals surface area contributed by atoms with Crippen LogP contribution in [0.2, 0.25) is 0 Å². The predicted molar refractivity (Wildman–Crippen MR) is 82.0 cm³/mol. The topological polar surface area (TPSA) is 30.0 Å². The van der Waals surface area contributed by atoms with Crippen LogP contribution in [0.25, 0.3) is 22.0 Å². The summed E-state index contributed by atoms with van der Waals surface area (Å²) in [5.74, 6) is 0. The van der Waals surface area contributed by atoms with Gasteiger partial charge in [-0.2, -0.15) is 0 Å². The van der Waals surface area contributed by atoms with Crippen molar-refractivity contribution in [2.75, 3.05) is 0 Å². The highest BCUT2D eigenvalue weighted by atomic mass is 16.1. The van der Waals surface area contributed by atoms with Gasteiger partial charge in [-0.25, -0.2) is 0 Å². The van der Waals surface area contributed by atoms with Gasteiger partial charge in [0.15, 0.2) is 0 Å². The van der Waals surface area contributed by atoms with Crippen LogP contribution in [0.3, 0.4) is 0 Å². The molecule has 0 bridgehead atoms. The number of benzene rings is 2. The van der Waals surface area contributed by atoms with Crippen molar-refractivity contribution in [2.45, 2.75) is 13.8 Å². The maximum atomic E-state index is 10.9. The van der Waals surface area contributed by atoms with Crippen LogP contribution in [0.15, 0.2) is 48.5 Å². The fraction of sp³-hybridized carbons (Fsp3) is 0.111. The first kappa shape index (κ1) is 12.5. The zero-order chi connectivity index (χ0) is 14.1. The van der Waals surface area contributed by atoms with E-state index in [2.05, 4.69) is 30.1 Å². The molecule has 0 aliphatic heterocycles. The van der Waals surface area contributed by atoms with Crippen LogP contribution in [0, 0.1) is 13.8 Å². The smallest absolute Gasteiger partial charge is 0.150 e. The minimum atomic E-state index is 0.702. The van der Waals surface area contributed by atoms with Crippen molar-refractivity contribution in [1.29, 1.82) is 0 Å². The lowest BCUT2D eigenvalue weighted by Crippen LogP contribution is -1.89. The fourth-order valence-electron chi connectivity index (χ4n) is 2.42. The van der Waals surface area contributed by atoms with Gasteiger partial charge >= 0.3 is 0 Å². The molecule has 0 radical (unpaired) electrons. The van der Waals surface area contributed by atoms with Gasteiger partial charge in [-0.05, 0) is 54.8 Å². The summed E-state index contributed by atoms with van der Waals surface area (Å²) in [4.78, 5) is 15.5. The molecule has 2 heteroatoms. The molecule has 98 valence electrons. The Morgan fingerprint density at radius 3 is 2.60 bits per heavy atom. The van der Waals surface area contributed by atoms with Gasteiger partial charge in [-0.15, -0.1) is 0 Å². The molecule has 0 saturated carbocycles. The van der Waals surface area contributed by atoms with Gasteiger partial charge in [0.25, 0.3) is 0 Å². The molecule has 0 aliphatic carbocycles. The maximum absolute atomic E-state index is 10.9. The molecule has 1 aromatic heterocycles. The number of aromatic nitrogens is 1. The molecule has 0 saturated heterocycles. The third kappa shape index (κ3) is 2.21. The molecule has 2 aromatic carbocycles. The van der Waals surface area contributed by atoms with Gasteiger partial charge < -0.3 is 0 Å². The second-order valence-corrected chi connectivity index (χ2v) is 5.05. The molecule has 0 atom stereocenters. The summed E-state index contributed by atoms with van der Waals surface area (Å²) in [6.07, 6.45) is 0.884. The number of fused-ring (bicyclic) bond motifs is 1. The third-order valence-electron chi connectivity index (χ3n) is 3.54. The molecular formula is C18H15NO. The Morgan fingerprint density at radius 2 is 1.80 bits per heavy atom. The number of aryl methyl sites for hydroxylation is 2. The summed E-state index contributed by atoms with van der Waals surface area (Å²) >= 11 is 0. The summed E-state index contributed by atoms with van der Waals surface area (Å²) in [6.45, 7) is 4.05. The van der Waals surface area contributed by atoms with E-state index in [4.69, 9.17) is 0 Å². The summed E-state index contributed by atoms with van der Waals surface area (Å²) < 4.78 is 0. The van der Waals surface area contributed by atoms with Crippen molar-refractivity contribution in [3.05, 3.63) is 65.4 Å². The summed E-state index contributed by atoms with van der Waals surface area (Å²) in [6, 6.07) is 16.1. The Hall–Kier alpha value is -2.48. The molecule has 20 heavy (non-hydrogen) atoms. The Labute approximate surface area is 118 Å². The molecular weight excluding hydrogens is 246 g/mol. The van der Waals surface area contributed by atoms with Gasteiger partial charge in [-0.1, -0.05) is 24.3 Å². The second-order valence-electron chi connectivity index (χ2n) is 5.05. The highest BCUT2D eigenvalue weighted by Gasteiger charge is 2.05. The molecule has 0 N–H and O–H groups in total. The van der Waals surface area contributed by atoms with Gasteiger partial charge in [0.2, 0.25) is 0 Å². The fourth-order valence-corrected chi connectivity index (χ4v) is 2.42. The van der Waals surface area contributed by atoms with Crippen LogP contribution in [-0.4, -0.2) is 11.3 Å². The van der Waals surface area contributed by atoms with E-state index in [-0.39, 0.29) is 0 Å². The first-order valence-corrected chi connectivity index (χ1v) is 6.61. The largest absolute Gasteiger partial charge is 0.298 e. The molecule has 0 spiro atoms. The van der Waals surface area contributed by atoms with Crippen molar-refractivity contribution >= 4 is 17.2 Å². The van der Waals surface area contributed by atoms with Crippen molar-refractivity contribution < 1.29 is 4.79 Å². The van der Waals surface area contributed by atoms with E-state index >= 15 is 0 Å². The average Bonchev–Trinajstić information content (AvgIpc) is 2.47. The van der Waals surface area contributed by atoms with Crippen LogP contribution in [0.4, 0.5) is 0 Å². The average molecular weight is 261 g/mol. The molecule has 0 aliphatic rings. The lowest BCUT2D eigenvalue weighted by molar-refractivity contribution is 0.112. The van der Waals surface area contributed by atoms with E-state index in [1.807, 2.05) is 37.3 Å². The van der Waals surface area contributed by atoms with Gasteiger partial charge in [0.05, 0.1) is 5.52 Å². The number of rotatable bonds is 2. The normalized spacial score (nSPS) is 10.7. The lowest BCUT2D eigenvalue weighted by atomic mass is 9.97. The van der Waals surface area contributed by atoms with Crippen molar-refractivity contribution in [3.63, 3.8) is 0 Å². The summed E-state index contributed by atoms with van der Waals surface area (Å²) in [5.41, 5.74) is 6.09. The van der Waals surface area contributed by atoms with Crippen molar-refractivity contribution in [1.82, 2.24) is 4.98 Å². The maximum Gasteiger partial charge on any atom is 0.150 e. The van der Waals surface area contributed by atoms with Gasteiger partial charge in [0.1, 0.15) is 6.29 Å². The van der Waals surface area contributed by atoms with Crippen molar-refractivity contribution in [2.24, 2.45) is 0 Å². The van der Waals surface area contributed by atoms with Crippen LogP contribution < -0.4 is 0 Å². The lowest BCUT2D eigenvalue weighted by Gasteiger charge is -2.08. The molecule has 0 fully saturated rings. The third-order valence-corrected chi connectivity index (χ3v) is 3.54.